The van der Waals surface area contributed by atoms with Gasteiger partial charge in [-0.25, -0.2) is 0 Å². The molecule has 0 aliphatic heterocycles. The molecule has 0 atom stereocenters. The molecule has 1 heterocycles. The van der Waals surface area contributed by atoms with Gasteiger partial charge in [0.05, 0.1) is 19.4 Å². The zero-order valence-corrected chi connectivity index (χ0v) is 11.9. The molecular formula is C16H20N2O2. The molecule has 0 saturated heterocycles. The Balaban J connectivity index is 2.26. The molecule has 0 aliphatic rings. The number of aliphatic hydroxyl groups is 1. The number of hydrogen-bond acceptors (Lipinski definition) is 4. The number of aryl methyl sites for hydroxylation is 1. The molecule has 0 saturated carbocycles. The van der Waals surface area contributed by atoms with Gasteiger partial charge in [-0.3, -0.25) is 4.98 Å². The van der Waals surface area contributed by atoms with Crippen molar-refractivity contribution in [2.24, 2.45) is 0 Å². The summed E-state index contributed by atoms with van der Waals surface area (Å²) in [6.45, 7) is 3.34. The van der Waals surface area contributed by atoms with Gasteiger partial charge >= 0.3 is 0 Å². The van der Waals surface area contributed by atoms with Crippen molar-refractivity contribution in [2.75, 3.05) is 25.2 Å². The number of aliphatic hydroxyl groups excluding tert-OH is 1. The average Bonchev–Trinajstić information content (AvgIpc) is 2.47. The van der Waals surface area contributed by atoms with Crippen molar-refractivity contribution in [1.29, 1.82) is 0 Å². The SMILES string of the molecule is COc1ccccc1N(CCO)Cc1ccnc(C)c1. The van der Waals surface area contributed by atoms with E-state index in [4.69, 9.17) is 4.74 Å². The van der Waals surface area contributed by atoms with E-state index in [2.05, 4.69) is 16.0 Å². The van der Waals surface area contributed by atoms with Crippen LogP contribution in [0.25, 0.3) is 0 Å². The Labute approximate surface area is 119 Å². The smallest absolute Gasteiger partial charge is 0.142 e. The average molecular weight is 272 g/mol. The zero-order chi connectivity index (χ0) is 14.4. The largest absolute Gasteiger partial charge is 0.495 e. The fourth-order valence-corrected chi connectivity index (χ4v) is 2.22. The summed E-state index contributed by atoms with van der Waals surface area (Å²) in [7, 11) is 1.66. The molecule has 2 rings (SSSR count). The lowest BCUT2D eigenvalue weighted by molar-refractivity contribution is 0.301. The number of para-hydroxylation sites is 2. The highest BCUT2D eigenvalue weighted by Gasteiger charge is 2.11. The molecule has 0 fully saturated rings. The topological polar surface area (TPSA) is 45.6 Å². The molecule has 0 radical (unpaired) electrons. The maximum absolute atomic E-state index is 9.30. The zero-order valence-electron chi connectivity index (χ0n) is 11.9. The standard InChI is InChI=1S/C16H20N2O2/c1-13-11-14(7-8-17-13)12-18(9-10-19)15-5-3-4-6-16(15)20-2/h3-8,11,19H,9-10,12H2,1-2H3. The van der Waals surface area contributed by atoms with Gasteiger partial charge in [0.2, 0.25) is 0 Å². The lowest BCUT2D eigenvalue weighted by Gasteiger charge is -2.26. The number of methoxy groups -OCH3 is 1. The van der Waals surface area contributed by atoms with Gasteiger partial charge in [0, 0.05) is 25.0 Å². The first kappa shape index (κ1) is 14.3. The fraction of sp³-hybridized carbons (Fsp3) is 0.312. The molecule has 2 aromatic rings. The number of pyridine rings is 1. The Morgan fingerprint density at radius 1 is 1.25 bits per heavy atom. The first-order valence-corrected chi connectivity index (χ1v) is 6.65. The van der Waals surface area contributed by atoms with E-state index in [9.17, 15) is 5.11 Å². The van der Waals surface area contributed by atoms with E-state index in [-0.39, 0.29) is 6.61 Å². The predicted molar refractivity (Wildman–Crippen MR) is 80.1 cm³/mol. The van der Waals surface area contributed by atoms with E-state index >= 15 is 0 Å². The molecule has 1 N–H and O–H groups in total. The fourth-order valence-electron chi connectivity index (χ4n) is 2.22. The van der Waals surface area contributed by atoms with E-state index < -0.39 is 0 Å². The number of nitrogens with zero attached hydrogens (tertiary/aromatic N) is 2. The Bertz CT molecular complexity index is 558. The van der Waals surface area contributed by atoms with Crippen molar-refractivity contribution < 1.29 is 9.84 Å². The first-order valence-electron chi connectivity index (χ1n) is 6.65. The van der Waals surface area contributed by atoms with Crippen molar-refractivity contribution in [3.63, 3.8) is 0 Å². The predicted octanol–water partition coefficient (Wildman–Crippen LogP) is 2.40. The van der Waals surface area contributed by atoms with Crippen LogP contribution in [0.5, 0.6) is 5.75 Å². The van der Waals surface area contributed by atoms with Crippen LogP contribution in [0.3, 0.4) is 0 Å². The van der Waals surface area contributed by atoms with Crippen molar-refractivity contribution >= 4 is 5.69 Å². The van der Waals surface area contributed by atoms with Crippen molar-refractivity contribution in [3.05, 3.63) is 53.9 Å². The summed E-state index contributed by atoms with van der Waals surface area (Å²) in [5, 5.41) is 9.30. The van der Waals surface area contributed by atoms with E-state index in [1.165, 1.54) is 0 Å². The van der Waals surface area contributed by atoms with Gasteiger partial charge in [0.15, 0.2) is 0 Å². The van der Waals surface area contributed by atoms with Crippen LogP contribution in [0.1, 0.15) is 11.3 Å². The van der Waals surface area contributed by atoms with Crippen LogP contribution >= 0.6 is 0 Å². The van der Waals surface area contributed by atoms with Crippen molar-refractivity contribution in [2.45, 2.75) is 13.5 Å². The summed E-state index contributed by atoms with van der Waals surface area (Å²) in [6, 6.07) is 11.9. The third-order valence-electron chi connectivity index (χ3n) is 3.13. The second-order valence-electron chi connectivity index (χ2n) is 4.62. The van der Waals surface area contributed by atoms with Gasteiger partial charge in [-0.15, -0.1) is 0 Å². The summed E-state index contributed by atoms with van der Waals surface area (Å²) in [5.74, 6) is 0.812. The van der Waals surface area contributed by atoms with Crippen LogP contribution in [-0.4, -0.2) is 30.4 Å². The monoisotopic (exact) mass is 272 g/mol. The van der Waals surface area contributed by atoms with Gasteiger partial charge in [-0.2, -0.15) is 0 Å². The van der Waals surface area contributed by atoms with Crippen LogP contribution in [-0.2, 0) is 6.54 Å². The van der Waals surface area contributed by atoms with E-state index in [1.807, 2.05) is 43.5 Å². The van der Waals surface area contributed by atoms with Gasteiger partial charge in [0.1, 0.15) is 5.75 Å². The molecule has 4 nitrogen and oxygen atoms in total. The van der Waals surface area contributed by atoms with Crippen LogP contribution in [0.2, 0.25) is 0 Å². The molecule has 0 bridgehead atoms. The van der Waals surface area contributed by atoms with Crippen molar-refractivity contribution in [3.8, 4) is 5.75 Å². The molecule has 0 spiro atoms. The summed E-state index contributed by atoms with van der Waals surface area (Å²) < 4.78 is 5.40. The number of ether oxygens (including phenoxy) is 1. The van der Waals surface area contributed by atoms with Crippen LogP contribution in [0, 0.1) is 6.92 Å². The molecule has 4 heteroatoms. The normalized spacial score (nSPS) is 10.3. The summed E-state index contributed by atoms with van der Waals surface area (Å²) in [5.41, 5.74) is 3.14. The Kier molecular flexibility index (Phi) is 4.96. The lowest BCUT2D eigenvalue weighted by Crippen LogP contribution is -2.26. The molecule has 1 aromatic heterocycles. The van der Waals surface area contributed by atoms with E-state index in [0.717, 1.165) is 22.7 Å². The number of rotatable bonds is 6. The second-order valence-corrected chi connectivity index (χ2v) is 4.62. The molecular weight excluding hydrogens is 252 g/mol. The van der Waals surface area contributed by atoms with Crippen molar-refractivity contribution in [1.82, 2.24) is 4.98 Å². The lowest BCUT2D eigenvalue weighted by atomic mass is 10.2. The number of hydrogen-bond donors (Lipinski definition) is 1. The summed E-state index contributed by atoms with van der Waals surface area (Å²) in [4.78, 5) is 6.31. The highest BCUT2D eigenvalue weighted by Crippen LogP contribution is 2.28. The first-order chi connectivity index (χ1) is 9.74. The van der Waals surface area contributed by atoms with E-state index in [1.54, 1.807) is 7.11 Å². The minimum absolute atomic E-state index is 0.0993. The second kappa shape index (κ2) is 6.91. The number of anilines is 1. The van der Waals surface area contributed by atoms with E-state index in [0.29, 0.717) is 13.1 Å². The highest BCUT2D eigenvalue weighted by atomic mass is 16.5. The third kappa shape index (κ3) is 3.48. The molecule has 0 amide bonds. The maximum Gasteiger partial charge on any atom is 0.142 e. The van der Waals surface area contributed by atoms with Crippen LogP contribution in [0.15, 0.2) is 42.6 Å². The molecule has 1 aromatic carbocycles. The Hall–Kier alpha value is -2.07. The quantitative estimate of drug-likeness (QED) is 0.877. The molecule has 106 valence electrons. The minimum Gasteiger partial charge on any atom is -0.495 e. The summed E-state index contributed by atoms with van der Waals surface area (Å²) >= 11 is 0. The number of benzene rings is 1. The highest BCUT2D eigenvalue weighted by molar-refractivity contribution is 5.58. The number of aromatic nitrogens is 1. The minimum atomic E-state index is 0.0993. The van der Waals surface area contributed by atoms with Crippen LogP contribution < -0.4 is 9.64 Å². The maximum atomic E-state index is 9.30. The molecule has 20 heavy (non-hydrogen) atoms. The van der Waals surface area contributed by atoms with Gasteiger partial charge < -0.3 is 14.7 Å². The third-order valence-corrected chi connectivity index (χ3v) is 3.13. The van der Waals surface area contributed by atoms with Crippen LogP contribution in [0.4, 0.5) is 5.69 Å². The van der Waals surface area contributed by atoms with Gasteiger partial charge in [-0.1, -0.05) is 12.1 Å². The molecule has 0 unspecified atom stereocenters. The van der Waals surface area contributed by atoms with Gasteiger partial charge in [0.25, 0.3) is 0 Å². The molecule has 0 aliphatic carbocycles. The Morgan fingerprint density at radius 3 is 2.75 bits per heavy atom. The summed E-state index contributed by atoms with van der Waals surface area (Å²) in [6.07, 6.45) is 1.81. The Morgan fingerprint density at radius 2 is 2.05 bits per heavy atom. The van der Waals surface area contributed by atoms with Gasteiger partial charge in [-0.05, 0) is 36.8 Å².